The Labute approximate surface area is 210 Å². The lowest BCUT2D eigenvalue weighted by molar-refractivity contribution is -0.131. The number of hydrogen-bond donors (Lipinski definition) is 1. The molecular formula is C27H25BrF2N2O3. The number of aromatic nitrogens is 1. The molecular weight excluding hydrogens is 518 g/mol. The highest BCUT2D eigenvalue weighted by Gasteiger charge is 2.35. The summed E-state index contributed by atoms with van der Waals surface area (Å²) in [7, 11) is 0. The molecule has 0 aliphatic carbocycles. The number of benzene rings is 2. The fourth-order valence-corrected chi connectivity index (χ4v) is 5.44. The van der Waals surface area contributed by atoms with Crippen LogP contribution in [-0.2, 0) is 22.4 Å². The maximum absolute atomic E-state index is 15.7. The summed E-state index contributed by atoms with van der Waals surface area (Å²) in [6.45, 7) is 0.555. The average molecular weight is 543 g/mol. The van der Waals surface area contributed by atoms with Crippen LogP contribution in [0.15, 0.2) is 63.9 Å². The molecule has 1 N–H and O–H groups in total. The van der Waals surface area contributed by atoms with E-state index in [2.05, 4.69) is 21.2 Å². The zero-order valence-electron chi connectivity index (χ0n) is 19.0. The smallest absolute Gasteiger partial charge is 0.265 e. The van der Waals surface area contributed by atoms with E-state index in [-0.39, 0.29) is 23.9 Å². The molecule has 8 heteroatoms. The third-order valence-electron chi connectivity index (χ3n) is 6.86. The van der Waals surface area contributed by atoms with Crippen LogP contribution in [-0.4, -0.2) is 29.2 Å². The molecule has 35 heavy (non-hydrogen) atoms. The van der Waals surface area contributed by atoms with Gasteiger partial charge in [-0.05, 0) is 83.4 Å². The van der Waals surface area contributed by atoms with E-state index in [1.165, 1.54) is 12.1 Å². The van der Waals surface area contributed by atoms with Gasteiger partial charge >= 0.3 is 0 Å². The SMILES string of the molecule is O=C(N[C@H]1CCc2ccc(Br)c(=O)n2[C@H]1Cc1cccc(-c2cccc(F)c2)c1F)[C@@H]1CCCO1. The summed E-state index contributed by atoms with van der Waals surface area (Å²) in [4.78, 5) is 26.0. The second-order valence-electron chi connectivity index (χ2n) is 9.06. The van der Waals surface area contributed by atoms with Crippen LogP contribution in [0.1, 0.15) is 36.6 Å². The quantitative estimate of drug-likeness (QED) is 0.496. The number of fused-ring (bicyclic) bond motifs is 1. The maximum Gasteiger partial charge on any atom is 0.265 e. The molecule has 5 nitrogen and oxygen atoms in total. The second kappa shape index (κ2) is 10.0. The van der Waals surface area contributed by atoms with E-state index in [4.69, 9.17) is 4.74 Å². The molecule has 182 valence electrons. The van der Waals surface area contributed by atoms with Gasteiger partial charge in [-0.3, -0.25) is 9.59 Å². The van der Waals surface area contributed by atoms with Crippen LogP contribution >= 0.6 is 15.9 Å². The lowest BCUT2D eigenvalue weighted by Gasteiger charge is -2.36. The summed E-state index contributed by atoms with van der Waals surface area (Å²) in [5.74, 6) is -1.10. The fourth-order valence-electron chi connectivity index (χ4n) is 5.11. The molecule has 1 saturated heterocycles. The molecule has 0 radical (unpaired) electrons. The van der Waals surface area contributed by atoms with Crippen molar-refractivity contribution in [2.24, 2.45) is 0 Å². The first-order valence-corrected chi connectivity index (χ1v) is 12.6. The summed E-state index contributed by atoms with van der Waals surface area (Å²) in [6.07, 6.45) is 2.42. The molecule has 3 aromatic rings. The largest absolute Gasteiger partial charge is 0.368 e. The van der Waals surface area contributed by atoms with Crippen LogP contribution in [0.3, 0.4) is 0 Å². The molecule has 0 saturated carbocycles. The Morgan fingerprint density at radius 1 is 1.11 bits per heavy atom. The normalized spacial score (nSPS) is 21.5. The number of amides is 1. The predicted octanol–water partition coefficient (Wildman–Crippen LogP) is 4.95. The maximum atomic E-state index is 15.7. The Bertz CT molecular complexity index is 1320. The predicted molar refractivity (Wildman–Crippen MR) is 132 cm³/mol. The molecule has 3 heterocycles. The number of nitrogens with one attached hydrogen (secondary N) is 1. The highest BCUT2D eigenvalue weighted by Crippen LogP contribution is 2.32. The minimum Gasteiger partial charge on any atom is -0.368 e. The van der Waals surface area contributed by atoms with Crippen molar-refractivity contribution in [1.82, 2.24) is 9.88 Å². The molecule has 0 unspecified atom stereocenters. The third-order valence-corrected chi connectivity index (χ3v) is 7.46. The van der Waals surface area contributed by atoms with Crippen LogP contribution < -0.4 is 10.9 Å². The molecule has 1 amide bonds. The Morgan fingerprint density at radius 3 is 2.71 bits per heavy atom. The molecule has 0 spiro atoms. The highest BCUT2D eigenvalue weighted by atomic mass is 79.9. The number of nitrogens with zero attached hydrogens (tertiary/aromatic N) is 1. The van der Waals surface area contributed by atoms with Gasteiger partial charge in [0, 0.05) is 17.9 Å². The van der Waals surface area contributed by atoms with Crippen molar-refractivity contribution >= 4 is 21.8 Å². The van der Waals surface area contributed by atoms with Crippen LogP contribution in [0, 0.1) is 11.6 Å². The summed E-state index contributed by atoms with van der Waals surface area (Å²) in [5, 5.41) is 3.08. The topological polar surface area (TPSA) is 60.3 Å². The van der Waals surface area contributed by atoms with Crippen LogP contribution in [0.25, 0.3) is 11.1 Å². The van der Waals surface area contributed by atoms with Gasteiger partial charge in [0.1, 0.15) is 17.7 Å². The van der Waals surface area contributed by atoms with E-state index in [9.17, 15) is 14.0 Å². The summed E-state index contributed by atoms with van der Waals surface area (Å²) in [6, 6.07) is 13.6. The van der Waals surface area contributed by atoms with E-state index in [1.807, 2.05) is 6.07 Å². The van der Waals surface area contributed by atoms with Gasteiger partial charge in [-0.15, -0.1) is 0 Å². The zero-order valence-corrected chi connectivity index (χ0v) is 20.6. The van der Waals surface area contributed by atoms with Crippen molar-refractivity contribution < 1.29 is 18.3 Å². The minimum atomic E-state index is -0.496. The van der Waals surface area contributed by atoms with Gasteiger partial charge in [-0.25, -0.2) is 8.78 Å². The standard InChI is InChI=1S/C27H25BrF2N2O3/c28-21-11-9-19-10-12-22(31-26(33)24-8-3-13-35-24)23(32(19)27(21)34)15-17-5-2-7-20(25(17)30)16-4-1-6-18(29)14-16/h1-2,4-7,9,11,14,22-24H,3,8,10,12-13,15H2,(H,31,33)/t22-,23-,24-/m0/s1. The number of ether oxygens (including phenoxy) is 1. The van der Waals surface area contributed by atoms with Gasteiger partial charge in [0.25, 0.3) is 5.56 Å². The van der Waals surface area contributed by atoms with Crippen LogP contribution in [0.2, 0.25) is 0 Å². The Kier molecular flexibility index (Phi) is 6.84. The molecule has 2 aromatic carbocycles. The molecule has 1 fully saturated rings. The first-order chi connectivity index (χ1) is 16.9. The molecule has 2 aliphatic heterocycles. The first kappa shape index (κ1) is 23.9. The fraction of sp³-hybridized carbons (Fsp3) is 0.333. The van der Waals surface area contributed by atoms with Crippen LogP contribution in [0.4, 0.5) is 8.78 Å². The van der Waals surface area contributed by atoms with Gasteiger partial charge < -0.3 is 14.6 Å². The van der Waals surface area contributed by atoms with Crippen LogP contribution in [0.5, 0.6) is 0 Å². The lowest BCUT2D eigenvalue weighted by Crippen LogP contribution is -2.51. The van der Waals surface area contributed by atoms with Gasteiger partial charge in [-0.1, -0.05) is 30.3 Å². The van der Waals surface area contributed by atoms with E-state index in [1.54, 1.807) is 41.0 Å². The number of hydrogen-bond acceptors (Lipinski definition) is 3. The third kappa shape index (κ3) is 4.82. The van der Waals surface area contributed by atoms with Gasteiger partial charge in [0.05, 0.1) is 16.6 Å². The van der Waals surface area contributed by atoms with E-state index in [0.29, 0.717) is 47.0 Å². The molecule has 3 atom stereocenters. The van der Waals surface area contributed by atoms with Crippen molar-refractivity contribution in [1.29, 1.82) is 0 Å². The van der Waals surface area contributed by atoms with E-state index >= 15 is 4.39 Å². The van der Waals surface area contributed by atoms with Gasteiger partial charge in [-0.2, -0.15) is 0 Å². The monoisotopic (exact) mass is 542 g/mol. The lowest BCUT2D eigenvalue weighted by atomic mass is 9.89. The molecule has 0 bridgehead atoms. The zero-order chi connectivity index (χ0) is 24.5. The Morgan fingerprint density at radius 2 is 1.94 bits per heavy atom. The summed E-state index contributed by atoms with van der Waals surface area (Å²) >= 11 is 3.33. The first-order valence-electron chi connectivity index (χ1n) is 11.8. The average Bonchev–Trinajstić information content (AvgIpc) is 3.39. The van der Waals surface area contributed by atoms with E-state index in [0.717, 1.165) is 12.1 Å². The highest BCUT2D eigenvalue weighted by molar-refractivity contribution is 9.10. The number of pyridine rings is 1. The molecule has 5 rings (SSSR count). The van der Waals surface area contributed by atoms with Gasteiger partial charge in [0.2, 0.25) is 5.91 Å². The van der Waals surface area contributed by atoms with Crippen molar-refractivity contribution in [3.8, 4) is 11.1 Å². The Hall–Kier alpha value is -2.84. The summed E-state index contributed by atoms with van der Waals surface area (Å²) < 4.78 is 37.1. The number of rotatable bonds is 5. The number of carbonyl (C=O) groups is 1. The van der Waals surface area contributed by atoms with Crippen molar-refractivity contribution in [3.05, 3.63) is 92.3 Å². The van der Waals surface area contributed by atoms with E-state index < -0.39 is 23.8 Å². The number of halogens is 3. The van der Waals surface area contributed by atoms with Crippen molar-refractivity contribution in [3.63, 3.8) is 0 Å². The van der Waals surface area contributed by atoms with Crippen molar-refractivity contribution in [2.45, 2.75) is 50.3 Å². The second-order valence-corrected chi connectivity index (χ2v) is 9.92. The molecule has 1 aromatic heterocycles. The molecule has 2 aliphatic rings. The van der Waals surface area contributed by atoms with Crippen molar-refractivity contribution in [2.75, 3.05) is 6.61 Å². The summed E-state index contributed by atoms with van der Waals surface area (Å²) in [5.41, 5.74) is 1.75. The number of aryl methyl sites for hydroxylation is 1. The number of carbonyl (C=O) groups excluding carboxylic acids is 1. The Balaban J connectivity index is 1.52. The minimum absolute atomic E-state index is 0.189. The van der Waals surface area contributed by atoms with Gasteiger partial charge in [0.15, 0.2) is 0 Å².